The van der Waals surface area contributed by atoms with E-state index in [4.69, 9.17) is 5.73 Å². The van der Waals surface area contributed by atoms with Crippen molar-refractivity contribution in [3.8, 4) is 0 Å². The van der Waals surface area contributed by atoms with Gasteiger partial charge in [-0.25, -0.2) is 8.42 Å². The predicted octanol–water partition coefficient (Wildman–Crippen LogP) is 1.14. The van der Waals surface area contributed by atoms with E-state index in [-0.39, 0.29) is 10.8 Å². The van der Waals surface area contributed by atoms with Gasteiger partial charge in [-0.05, 0) is 28.1 Å². The van der Waals surface area contributed by atoms with Crippen LogP contribution in [0.4, 0.5) is 0 Å². The van der Waals surface area contributed by atoms with Crippen LogP contribution in [0.3, 0.4) is 0 Å². The summed E-state index contributed by atoms with van der Waals surface area (Å²) < 4.78 is 23.1. The Kier molecular flexibility index (Phi) is 2.87. The van der Waals surface area contributed by atoms with Crippen LogP contribution >= 0.6 is 15.9 Å². The maximum atomic E-state index is 11.3. The number of benzene rings is 1. The van der Waals surface area contributed by atoms with Crippen LogP contribution in [0.2, 0.25) is 0 Å². The Balaban J connectivity index is 3.30. The van der Waals surface area contributed by atoms with Gasteiger partial charge in [-0.2, -0.15) is 0 Å². The first kappa shape index (κ1) is 9.70. The van der Waals surface area contributed by atoms with Crippen molar-refractivity contribution in [3.05, 3.63) is 28.7 Å². The van der Waals surface area contributed by atoms with Crippen LogP contribution in [0.1, 0.15) is 0 Å². The third-order valence-corrected chi connectivity index (χ3v) is 3.81. The Bertz CT molecular complexity index is 375. The average Bonchev–Trinajstić information content (AvgIpc) is 2.05. The predicted molar refractivity (Wildman–Crippen MR) is 50.4 cm³/mol. The summed E-state index contributed by atoms with van der Waals surface area (Å²) in [6.07, 6.45) is 0. The molecule has 0 atom stereocenters. The number of hydrogen-bond acceptors (Lipinski definition) is 3. The van der Waals surface area contributed by atoms with Crippen LogP contribution < -0.4 is 5.73 Å². The molecule has 0 saturated carbocycles. The Hall–Kier alpha value is -0.390. The minimum absolute atomic E-state index is 0.243. The summed E-state index contributed by atoms with van der Waals surface area (Å²) in [5.41, 5.74) is 5.10. The van der Waals surface area contributed by atoms with E-state index in [9.17, 15) is 8.42 Å². The van der Waals surface area contributed by atoms with Crippen LogP contribution in [0, 0.1) is 0 Å². The summed E-state index contributed by atoms with van der Waals surface area (Å²) in [5, 5.41) is 0. The van der Waals surface area contributed by atoms with E-state index in [2.05, 4.69) is 15.9 Å². The molecular weight excluding hydrogens is 242 g/mol. The van der Waals surface area contributed by atoms with E-state index in [1.807, 2.05) is 0 Å². The molecule has 0 aliphatic carbocycles. The van der Waals surface area contributed by atoms with Crippen molar-refractivity contribution in [2.75, 3.05) is 5.88 Å². The maximum absolute atomic E-state index is 11.3. The average molecular weight is 250 g/mol. The van der Waals surface area contributed by atoms with Crippen molar-refractivity contribution >= 4 is 25.8 Å². The van der Waals surface area contributed by atoms with Crippen LogP contribution in [-0.4, -0.2) is 14.3 Å². The van der Waals surface area contributed by atoms with Crippen LogP contribution in [0.15, 0.2) is 33.6 Å². The number of hydrogen-bond donors (Lipinski definition) is 1. The highest BCUT2D eigenvalue weighted by Crippen LogP contribution is 2.21. The summed E-state index contributed by atoms with van der Waals surface area (Å²) in [6.45, 7) is 0. The second-order valence-corrected chi connectivity index (χ2v) is 5.07. The van der Waals surface area contributed by atoms with Gasteiger partial charge in [0.25, 0.3) is 0 Å². The van der Waals surface area contributed by atoms with Crippen LogP contribution in [-0.2, 0) is 9.84 Å². The van der Waals surface area contributed by atoms with Crippen molar-refractivity contribution in [1.82, 2.24) is 0 Å². The second-order valence-electron chi connectivity index (χ2n) is 2.21. The van der Waals surface area contributed by atoms with Gasteiger partial charge in [0, 0.05) is 4.47 Å². The first-order chi connectivity index (χ1) is 5.58. The second kappa shape index (κ2) is 3.55. The molecular formula is C7H8BrNO2S. The van der Waals surface area contributed by atoms with E-state index in [1.54, 1.807) is 18.2 Å². The van der Waals surface area contributed by atoms with E-state index < -0.39 is 9.84 Å². The summed E-state index contributed by atoms with van der Waals surface area (Å²) in [7, 11) is -3.30. The lowest BCUT2D eigenvalue weighted by molar-refractivity contribution is 0.596. The van der Waals surface area contributed by atoms with E-state index in [0.717, 1.165) is 0 Å². The molecule has 0 aliphatic rings. The molecule has 0 heterocycles. The molecule has 5 heteroatoms. The minimum atomic E-state index is -3.30. The Morgan fingerprint density at radius 2 is 1.92 bits per heavy atom. The number of nitrogens with two attached hydrogens (primary N) is 1. The lowest BCUT2D eigenvalue weighted by Gasteiger charge is -2.02. The Morgan fingerprint density at radius 1 is 1.33 bits per heavy atom. The lowest BCUT2D eigenvalue weighted by Crippen LogP contribution is -2.14. The molecule has 2 N–H and O–H groups in total. The van der Waals surface area contributed by atoms with Gasteiger partial charge in [-0.3, -0.25) is 0 Å². The fraction of sp³-hybridized carbons (Fsp3) is 0.143. The van der Waals surface area contributed by atoms with Crippen molar-refractivity contribution in [3.63, 3.8) is 0 Å². The van der Waals surface area contributed by atoms with Crippen molar-refractivity contribution in [2.45, 2.75) is 4.90 Å². The number of rotatable bonds is 2. The molecule has 0 radical (unpaired) electrons. The number of halogens is 1. The highest BCUT2D eigenvalue weighted by Gasteiger charge is 2.14. The third-order valence-electron chi connectivity index (χ3n) is 1.39. The smallest absolute Gasteiger partial charge is 0.192 e. The normalized spacial score (nSPS) is 11.5. The van der Waals surface area contributed by atoms with Gasteiger partial charge in [0.1, 0.15) is 5.88 Å². The van der Waals surface area contributed by atoms with Gasteiger partial charge in [0.2, 0.25) is 0 Å². The van der Waals surface area contributed by atoms with Crippen LogP contribution in [0.25, 0.3) is 0 Å². The zero-order valence-electron chi connectivity index (χ0n) is 6.20. The van der Waals surface area contributed by atoms with Gasteiger partial charge >= 0.3 is 0 Å². The monoisotopic (exact) mass is 249 g/mol. The van der Waals surface area contributed by atoms with E-state index in [0.29, 0.717) is 4.47 Å². The van der Waals surface area contributed by atoms with Crippen LogP contribution in [0.5, 0.6) is 0 Å². The first-order valence-electron chi connectivity index (χ1n) is 3.25. The van der Waals surface area contributed by atoms with Crippen molar-refractivity contribution in [1.29, 1.82) is 0 Å². The first-order valence-corrected chi connectivity index (χ1v) is 5.70. The molecule has 0 aromatic heterocycles. The summed E-state index contributed by atoms with van der Waals surface area (Å²) in [6, 6.07) is 6.60. The van der Waals surface area contributed by atoms with E-state index >= 15 is 0 Å². The summed E-state index contributed by atoms with van der Waals surface area (Å²) in [5.74, 6) is -0.365. The third kappa shape index (κ3) is 1.85. The molecule has 0 fully saturated rings. The molecule has 1 aromatic carbocycles. The SMILES string of the molecule is NCS(=O)(=O)c1ccccc1Br. The molecule has 0 bridgehead atoms. The highest BCUT2D eigenvalue weighted by molar-refractivity contribution is 9.10. The van der Waals surface area contributed by atoms with Gasteiger partial charge in [0.05, 0.1) is 4.90 Å². The molecule has 0 saturated heterocycles. The molecule has 1 aromatic rings. The van der Waals surface area contributed by atoms with Gasteiger partial charge in [-0.1, -0.05) is 12.1 Å². The zero-order chi connectivity index (χ0) is 9.19. The van der Waals surface area contributed by atoms with E-state index in [1.165, 1.54) is 6.07 Å². The van der Waals surface area contributed by atoms with Gasteiger partial charge in [0.15, 0.2) is 9.84 Å². The molecule has 0 spiro atoms. The standard InChI is InChI=1S/C7H8BrNO2S/c8-6-3-1-2-4-7(6)12(10,11)5-9/h1-4H,5,9H2. The largest absolute Gasteiger partial charge is 0.317 e. The van der Waals surface area contributed by atoms with Gasteiger partial charge in [-0.15, -0.1) is 0 Å². The fourth-order valence-electron chi connectivity index (χ4n) is 0.787. The molecule has 12 heavy (non-hydrogen) atoms. The highest BCUT2D eigenvalue weighted by atomic mass is 79.9. The maximum Gasteiger partial charge on any atom is 0.192 e. The Labute approximate surface area is 79.6 Å². The zero-order valence-corrected chi connectivity index (χ0v) is 8.60. The number of sulfone groups is 1. The summed E-state index contributed by atoms with van der Waals surface area (Å²) in [4.78, 5) is 0.243. The molecule has 1 rings (SSSR count). The topological polar surface area (TPSA) is 60.2 Å². The Morgan fingerprint density at radius 3 is 2.42 bits per heavy atom. The molecule has 0 unspecified atom stereocenters. The fourth-order valence-corrected chi connectivity index (χ4v) is 2.64. The van der Waals surface area contributed by atoms with Crippen molar-refractivity contribution in [2.24, 2.45) is 5.73 Å². The van der Waals surface area contributed by atoms with Crippen molar-refractivity contribution < 1.29 is 8.42 Å². The summed E-state index contributed by atoms with van der Waals surface area (Å²) >= 11 is 3.14. The lowest BCUT2D eigenvalue weighted by atomic mass is 10.4. The molecule has 0 aliphatic heterocycles. The molecule has 3 nitrogen and oxygen atoms in total. The minimum Gasteiger partial charge on any atom is -0.317 e. The molecule has 66 valence electrons. The van der Waals surface area contributed by atoms with Gasteiger partial charge < -0.3 is 5.73 Å². The quantitative estimate of drug-likeness (QED) is 0.856. The molecule has 0 amide bonds.